The molecular weight excluding hydrogens is 367 g/mol. The summed E-state index contributed by atoms with van der Waals surface area (Å²) in [5.74, 6) is -0.642. The highest BCUT2D eigenvalue weighted by Gasteiger charge is 2.33. The fourth-order valence-corrected chi connectivity index (χ4v) is 3.83. The van der Waals surface area contributed by atoms with Gasteiger partial charge in [-0.15, -0.1) is 0 Å². The van der Waals surface area contributed by atoms with Gasteiger partial charge in [0.05, 0.1) is 11.5 Å². The summed E-state index contributed by atoms with van der Waals surface area (Å²) in [5.41, 5.74) is 0.327. The monoisotopic (exact) mass is 388 g/mol. The summed E-state index contributed by atoms with van der Waals surface area (Å²) < 4.78 is 37.8. The van der Waals surface area contributed by atoms with Crippen LogP contribution in [0.5, 0.6) is 0 Å². The molecule has 1 aromatic carbocycles. The van der Waals surface area contributed by atoms with Crippen molar-refractivity contribution in [3.63, 3.8) is 0 Å². The van der Waals surface area contributed by atoms with Gasteiger partial charge in [-0.3, -0.25) is 4.79 Å². The van der Waals surface area contributed by atoms with Crippen LogP contribution in [0.25, 0.3) is 0 Å². The van der Waals surface area contributed by atoms with Crippen molar-refractivity contribution in [2.45, 2.75) is 33.2 Å². The molecule has 0 heterocycles. The minimum absolute atomic E-state index is 0.0800. The first-order valence-electron chi connectivity index (χ1n) is 8.41. The number of allylic oxidation sites excluding steroid dienone is 4. The number of nitrogens with zero attached hydrogens (tertiary/aromatic N) is 1. The number of nitriles is 1. The lowest BCUT2D eigenvalue weighted by atomic mass is 9.79. The Morgan fingerprint density at radius 3 is 2.59 bits per heavy atom. The summed E-state index contributed by atoms with van der Waals surface area (Å²) in [7, 11) is -3.61. The van der Waals surface area contributed by atoms with E-state index in [1.165, 1.54) is 12.1 Å². The van der Waals surface area contributed by atoms with Crippen LogP contribution in [0.1, 0.15) is 32.3 Å². The number of carbonyl (C=O) groups is 1. The molecule has 1 aliphatic carbocycles. The van der Waals surface area contributed by atoms with E-state index in [0.717, 1.165) is 17.1 Å². The molecule has 0 unspecified atom stereocenters. The maximum absolute atomic E-state index is 13.7. The molecule has 1 amide bonds. The van der Waals surface area contributed by atoms with Crippen LogP contribution in [0, 0.1) is 22.6 Å². The number of halogens is 1. The van der Waals surface area contributed by atoms with Gasteiger partial charge in [0.1, 0.15) is 5.82 Å². The van der Waals surface area contributed by atoms with Gasteiger partial charge in [0.2, 0.25) is 5.91 Å². The van der Waals surface area contributed by atoms with Gasteiger partial charge in [-0.2, -0.15) is 5.26 Å². The summed E-state index contributed by atoms with van der Waals surface area (Å²) in [6.07, 6.45) is 4.70. The predicted molar refractivity (Wildman–Crippen MR) is 101 cm³/mol. The smallest absolute Gasteiger partial charge is 0.230 e. The van der Waals surface area contributed by atoms with Crippen LogP contribution in [0.3, 0.4) is 0 Å². The zero-order valence-corrected chi connectivity index (χ0v) is 16.0. The second-order valence-corrected chi connectivity index (χ2v) is 8.59. The molecule has 2 rings (SSSR count). The molecule has 0 radical (unpaired) electrons. The third kappa shape index (κ3) is 4.92. The molecule has 27 heavy (non-hydrogen) atoms. The van der Waals surface area contributed by atoms with Gasteiger partial charge in [0.15, 0.2) is 9.84 Å². The quantitative estimate of drug-likeness (QED) is 0.756. The summed E-state index contributed by atoms with van der Waals surface area (Å²) in [4.78, 5) is 12.8. The van der Waals surface area contributed by atoms with Crippen LogP contribution in [-0.4, -0.2) is 14.3 Å². The molecular formula is C20H21FN2O3S. The van der Waals surface area contributed by atoms with Gasteiger partial charge in [0, 0.05) is 28.5 Å². The number of carbonyl (C=O) groups excluding carboxylic acids is 1. The minimum Gasteiger partial charge on any atom is -0.351 e. The van der Waals surface area contributed by atoms with Crippen LogP contribution in [0.4, 0.5) is 4.39 Å². The Labute approximate surface area is 158 Å². The second-order valence-electron chi connectivity index (χ2n) is 6.70. The topological polar surface area (TPSA) is 87.0 Å². The number of sulfone groups is 1. The summed E-state index contributed by atoms with van der Waals surface area (Å²) >= 11 is 0. The van der Waals surface area contributed by atoms with Crippen molar-refractivity contribution in [3.05, 3.63) is 69.8 Å². The van der Waals surface area contributed by atoms with Crippen molar-refractivity contribution in [2.24, 2.45) is 5.41 Å². The van der Waals surface area contributed by atoms with Gasteiger partial charge in [-0.1, -0.05) is 29.8 Å². The lowest BCUT2D eigenvalue weighted by Gasteiger charge is -2.29. The third-order valence-electron chi connectivity index (χ3n) is 4.57. The van der Waals surface area contributed by atoms with E-state index in [9.17, 15) is 17.6 Å². The first-order valence-corrected chi connectivity index (χ1v) is 9.96. The zero-order chi connectivity index (χ0) is 20.1. The SMILES string of the molecule is CC(C)(C(=O)NCc1ccccc1F)C1=CC=C(S(=O)(=O)C=CC#N)CC1. The summed E-state index contributed by atoms with van der Waals surface area (Å²) in [6, 6.07) is 7.89. The molecule has 0 saturated heterocycles. The molecule has 7 heteroatoms. The molecule has 0 aromatic heterocycles. The Morgan fingerprint density at radius 1 is 1.30 bits per heavy atom. The zero-order valence-electron chi connectivity index (χ0n) is 15.2. The number of rotatable bonds is 6. The van der Waals surface area contributed by atoms with E-state index in [1.807, 2.05) is 0 Å². The van der Waals surface area contributed by atoms with E-state index in [4.69, 9.17) is 5.26 Å². The van der Waals surface area contributed by atoms with Crippen molar-refractivity contribution in [1.82, 2.24) is 5.32 Å². The number of amides is 1. The normalized spacial score (nSPS) is 15.0. The Kier molecular flexibility index (Phi) is 6.34. The molecule has 1 aromatic rings. The van der Waals surface area contributed by atoms with Crippen LogP contribution in [0.15, 0.2) is 58.4 Å². The Hall–Kier alpha value is -2.72. The number of nitrogens with one attached hydrogen (secondary N) is 1. The van der Waals surface area contributed by atoms with Crippen LogP contribution < -0.4 is 5.32 Å². The van der Waals surface area contributed by atoms with Crippen LogP contribution in [-0.2, 0) is 21.2 Å². The van der Waals surface area contributed by atoms with Crippen molar-refractivity contribution in [2.75, 3.05) is 0 Å². The fraction of sp³-hybridized carbons (Fsp3) is 0.300. The largest absolute Gasteiger partial charge is 0.351 e. The number of hydrogen-bond donors (Lipinski definition) is 1. The Morgan fingerprint density at radius 2 is 2.00 bits per heavy atom. The molecule has 0 fully saturated rings. The molecule has 1 N–H and O–H groups in total. The highest BCUT2D eigenvalue weighted by atomic mass is 32.2. The fourth-order valence-electron chi connectivity index (χ4n) is 2.77. The first-order chi connectivity index (χ1) is 12.7. The number of hydrogen-bond acceptors (Lipinski definition) is 4. The van der Waals surface area contributed by atoms with E-state index in [2.05, 4.69) is 5.32 Å². The summed E-state index contributed by atoms with van der Waals surface area (Å²) in [5, 5.41) is 12.1. The summed E-state index contributed by atoms with van der Waals surface area (Å²) in [6.45, 7) is 3.58. The van der Waals surface area contributed by atoms with Crippen molar-refractivity contribution in [3.8, 4) is 6.07 Å². The molecule has 5 nitrogen and oxygen atoms in total. The van der Waals surface area contributed by atoms with Gasteiger partial charge >= 0.3 is 0 Å². The lowest BCUT2D eigenvalue weighted by molar-refractivity contribution is -0.127. The van der Waals surface area contributed by atoms with Crippen molar-refractivity contribution < 1.29 is 17.6 Å². The molecule has 0 aliphatic heterocycles. The number of benzene rings is 1. The Bertz CT molecular complexity index is 967. The van der Waals surface area contributed by atoms with Gasteiger partial charge in [0.25, 0.3) is 0 Å². The molecule has 0 saturated carbocycles. The van der Waals surface area contributed by atoms with Crippen molar-refractivity contribution in [1.29, 1.82) is 5.26 Å². The van der Waals surface area contributed by atoms with Gasteiger partial charge in [-0.25, -0.2) is 12.8 Å². The van der Waals surface area contributed by atoms with E-state index in [0.29, 0.717) is 12.0 Å². The molecule has 0 atom stereocenters. The van der Waals surface area contributed by atoms with Crippen LogP contribution in [0.2, 0.25) is 0 Å². The van der Waals surface area contributed by atoms with Gasteiger partial charge < -0.3 is 5.32 Å². The molecule has 0 bridgehead atoms. The average molecular weight is 388 g/mol. The van der Waals surface area contributed by atoms with Crippen molar-refractivity contribution >= 4 is 15.7 Å². The van der Waals surface area contributed by atoms with Gasteiger partial charge in [-0.05, 0) is 38.8 Å². The highest BCUT2D eigenvalue weighted by molar-refractivity contribution is 7.98. The average Bonchev–Trinajstić information content (AvgIpc) is 2.65. The Balaban J connectivity index is 2.12. The van der Waals surface area contributed by atoms with E-state index < -0.39 is 15.3 Å². The van der Waals surface area contributed by atoms with E-state index >= 15 is 0 Å². The minimum atomic E-state index is -3.61. The maximum Gasteiger partial charge on any atom is 0.230 e. The molecule has 1 aliphatic rings. The lowest BCUT2D eigenvalue weighted by Crippen LogP contribution is -2.38. The molecule has 142 valence electrons. The van der Waals surface area contributed by atoms with E-state index in [-0.39, 0.29) is 29.6 Å². The predicted octanol–water partition coefficient (Wildman–Crippen LogP) is 3.52. The molecule has 0 spiro atoms. The second kappa shape index (κ2) is 8.31. The standard InChI is InChI=1S/C20H21FN2O3S/c1-20(2,19(24)23-14-15-6-3-4-7-18(15)21)16-8-10-17(11-9-16)27(25,26)13-5-12-22/h3-8,10,13H,9,11,14H2,1-2H3,(H,23,24). The first kappa shape index (κ1) is 20.6. The third-order valence-corrected chi connectivity index (χ3v) is 6.13. The highest BCUT2D eigenvalue weighted by Crippen LogP contribution is 2.35. The van der Waals surface area contributed by atoms with Crippen LogP contribution >= 0.6 is 0 Å². The van der Waals surface area contributed by atoms with E-state index in [1.54, 1.807) is 44.2 Å². The maximum atomic E-state index is 13.7.